The Kier molecular flexibility index (Phi) is 5.56. The summed E-state index contributed by atoms with van der Waals surface area (Å²) in [5.74, 6) is -1.58. The number of carbonyl (C=O) groups excluding carboxylic acids is 2. The molecule has 0 aliphatic carbocycles. The first-order valence-electron chi connectivity index (χ1n) is 8.94. The van der Waals surface area contributed by atoms with E-state index < -0.39 is 24.0 Å². The van der Waals surface area contributed by atoms with E-state index >= 15 is 0 Å². The van der Waals surface area contributed by atoms with Crippen molar-refractivity contribution in [3.63, 3.8) is 0 Å². The molecule has 2 amide bonds. The van der Waals surface area contributed by atoms with Gasteiger partial charge in [0, 0.05) is 19.6 Å². The topological polar surface area (TPSA) is 87.2 Å². The minimum atomic E-state index is -0.813. The number of carboxylic acids is 1. The predicted octanol–water partition coefficient (Wildman–Crippen LogP) is 1.13. The van der Waals surface area contributed by atoms with Gasteiger partial charge in [-0.25, -0.2) is 0 Å². The van der Waals surface area contributed by atoms with Crippen LogP contribution in [-0.2, 0) is 25.7 Å². The molecule has 7 heteroatoms. The number of rotatable bonds is 4. The van der Waals surface area contributed by atoms with Crippen LogP contribution in [0.2, 0.25) is 0 Å². The second-order valence-electron chi connectivity index (χ2n) is 6.91. The number of aliphatic carboxylic acids is 1. The molecule has 2 aliphatic heterocycles. The second-order valence-corrected chi connectivity index (χ2v) is 6.91. The van der Waals surface area contributed by atoms with Crippen LogP contribution in [-0.4, -0.2) is 64.5 Å². The Morgan fingerprint density at radius 2 is 1.85 bits per heavy atom. The molecule has 1 aromatic carbocycles. The van der Waals surface area contributed by atoms with Crippen LogP contribution in [0.3, 0.4) is 0 Å². The van der Waals surface area contributed by atoms with Crippen LogP contribution in [0.25, 0.3) is 0 Å². The predicted molar refractivity (Wildman–Crippen MR) is 93.1 cm³/mol. The van der Waals surface area contributed by atoms with Crippen LogP contribution in [0.1, 0.15) is 25.3 Å². The molecule has 2 fully saturated rings. The van der Waals surface area contributed by atoms with Gasteiger partial charge in [-0.05, 0) is 25.3 Å². The monoisotopic (exact) mass is 360 g/mol. The van der Waals surface area contributed by atoms with Crippen molar-refractivity contribution in [3.05, 3.63) is 35.9 Å². The third-order valence-electron chi connectivity index (χ3n) is 5.18. The maximum absolute atomic E-state index is 13.1. The van der Waals surface area contributed by atoms with Gasteiger partial charge in [-0.2, -0.15) is 0 Å². The van der Waals surface area contributed by atoms with Crippen LogP contribution >= 0.6 is 0 Å². The van der Waals surface area contributed by atoms with Crippen molar-refractivity contribution in [2.24, 2.45) is 5.92 Å². The number of nitrogens with zero attached hydrogens (tertiary/aromatic N) is 2. The first-order chi connectivity index (χ1) is 12.5. The Labute approximate surface area is 152 Å². The molecule has 2 saturated heterocycles. The Morgan fingerprint density at radius 1 is 1.19 bits per heavy atom. The lowest BCUT2D eigenvalue weighted by molar-refractivity contribution is -0.168. The molecule has 3 rings (SSSR count). The largest absolute Gasteiger partial charge is 0.481 e. The van der Waals surface area contributed by atoms with E-state index in [0.717, 1.165) is 5.56 Å². The molecule has 0 radical (unpaired) electrons. The Bertz CT molecular complexity index is 670. The average Bonchev–Trinajstić information content (AvgIpc) is 2.65. The number of morpholine rings is 1. The van der Waals surface area contributed by atoms with E-state index in [-0.39, 0.29) is 18.4 Å². The first-order valence-corrected chi connectivity index (χ1v) is 8.94. The van der Waals surface area contributed by atoms with E-state index in [1.54, 1.807) is 16.7 Å². The fourth-order valence-corrected chi connectivity index (χ4v) is 3.62. The molecule has 2 aliphatic rings. The third-order valence-corrected chi connectivity index (χ3v) is 5.18. The Hall–Kier alpha value is -2.41. The molecule has 1 N–H and O–H groups in total. The first kappa shape index (κ1) is 18.4. The zero-order chi connectivity index (χ0) is 18.7. The summed E-state index contributed by atoms with van der Waals surface area (Å²) < 4.78 is 5.51. The highest BCUT2D eigenvalue weighted by Crippen LogP contribution is 2.24. The summed E-state index contributed by atoms with van der Waals surface area (Å²) in [5.41, 5.74) is 0.956. The number of likely N-dealkylation sites (tertiary alicyclic amines) is 1. The van der Waals surface area contributed by atoms with Gasteiger partial charge in [0.05, 0.1) is 12.0 Å². The van der Waals surface area contributed by atoms with Crippen molar-refractivity contribution in [2.45, 2.75) is 38.5 Å². The van der Waals surface area contributed by atoms with Gasteiger partial charge >= 0.3 is 5.97 Å². The van der Waals surface area contributed by atoms with E-state index in [1.807, 2.05) is 30.3 Å². The van der Waals surface area contributed by atoms with E-state index in [2.05, 4.69) is 0 Å². The number of amides is 2. The van der Waals surface area contributed by atoms with Gasteiger partial charge in [-0.15, -0.1) is 0 Å². The number of benzene rings is 1. The third kappa shape index (κ3) is 3.88. The van der Waals surface area contributed by atoms with Crippen molar-refractivity contribution < 1.29 is 24.2 Å². The Morgan fingerprint density at radius 3 is 2.46 bits per heavy atom. The van der Waals surface area contributed by atoms with Crippen molar-refractivity contribution >= 4 is 17.8 Å². The van der Waals surface area contributed by atoms with Crippen LogP contribution < -0.4 is 0 Å². The molecule has 2 atom stereocenters. The smallest absolute Gasteiger partial charge is 0.306 e. The van der Waals surface area contributed by atoms with E-state index in [1.165, 1.54) is 0 Å². The van der Waals surface area contributed by atoms with Crippen LogP contribution in [0.5, 0.6) is 0 Å². The maximum atomic E-state index is 13.1. The molecule has 7 nitrogen and oxygen atoms in total. The number of hydrogen-bond acceptors (Lipinski definition) is 4. The maximum Gasteiger partial charge on any atom is 0.306 e. The van der Waals surface area contributed by atoms with Crippen LogP contribution in [0.4, 0.5) is 0 Å². The lowest BCUT2D eigenvalue weighted by Gasteiger charge is -2.42. The number of carbonyl (C=O) groups is 3. The molecule has 26 heavy (non-hydrogen) atoms. The fourth-order valence-electron chi connectivity index (χ4n) is 3.62. The van der Waals surface area contributed by atoms with E-state index in [9.17, 15) is 14.4 Å². The number of piperidine rings is 1. The molecule has 0 saturated carbocycles. The summed E-state index contributed by atoms with van der Waals surface area (Å²) in [6.07, 6.45) is 0.479. The van der Waals surface area contributed by atoms with Gasteiger partial charge < -0.3 is 19.6 Å². The molecule has 0 unspecified atom stereocenters. The van der Waals surface area contributed by atoms with Gasteiger partial charge in [-0.3, -0.25) is 14.4 Å². The zero-order valence-corrected chi connectivity index (χ0v) is 14.8. The van der Waals surface area contributed by atoms with E-state index in [4.69, 9.17) is 9.84 Å². The molecule has 140 valence electrons. The molecular formula is C19H24N2O5. The highest BCUT2D eigenvalue weighted by Gasteiger charge is 2.42. The summed E-state index contributed by atoms with van der Waals surface area (Å²) in [5, 5.41) is 9.12. The highest BCUT2D eigenvalue weighted by atomic mass is 16.5. The SMILES string of the molecule is C[C@H]1OCC(=O)N(Cc2ccccc2)[C@@H]1C(=O)N1CCC(C(=O)O)CC1. The van der Waals surface area contributed by atoms with Crippen molar-refractivity contribution in [1.82, 2.24) is 9.80 Å². The van der Waals surface area contributed by atoms with Crippen molar-refractivity contribution in [3.8, 4) is 0 Å². The van der Waals surface area contributed by atoms with Gasteiger partial charge in [0.1, 0.15) is 12.6 Å². The fraction of sp³-hybridized carbons (Fsp3) is 0.526. The summed E-state index contributed by atoms with van der Waals surface area (Å²) >= 11 is 0. The summed E-state index contributed by atoms with van der Waals surface area (Å²) in [7, 11) is 0. The highest BCUT2D eigenvalue weighted by molar-refractivity contribution is 5.90. The lowest BCUT2D eigenvalue weighted by atomic mass is 9.95. The van der Waals surface area contributed by atoms with Crippen LogP contribution in [0, 0.1) is 5.92 Å². The van der Waals surface area contributed by atoms with Gasteiger partial charge in [0.25, 0.3) is 0 Å². The molecular weight excluding hydrogens is 336 g/mol. The normalized spacial score (nSPS) is 24.6. The second kappa shape index (κ2) is 7.86. The van der Waals surface area contributed by atoms with E-state index in [0.29, 0.717) is 32.5 Å². The van der Waals surface area contributed by atoms with Gasteiger partial charge in [-0.1, -0.05) is 30.3 Å². The summed E-state index contributed by atoms with van der Waals surface area (Å²) in [4.78, 5) is 39.9. The molecule has 2 heterocycles. The number of hydrogen-bond donors (Lipinski definition) is 1. The molecule has 1 aromatic rings. The average molecular weight is 360 g/mol. The zero-order valence-electron chi connectivity index (χ0n) is 14.8. The summed E-state index contributed by atoms with van der Waals surface area (Å²) in [6.45, 7) is 2.92. The quantitative estimate of drug-likeness (QED) is 0.870. The van der Waals surface area contributed by atoms with Crippen molar-refractivity contribution in [2.75, 3.05) is 19.7 Å². The van der Waals surface area contributed by atoms with Crippen LogP contribution in [0.15, 0.2) is 30.3 Å². The molecule has 0 spiro atoms. The summed E-state index contributed by atoms with van der Waals surface area (Å²) in [6, 6.07) is 8.87. The minimum absolute atomic E-state index is 0.0289. The minimum Gasteiger partial charge on any atom is -0.481 e. The number of carboxylic acid groups (broad SMARTS) is 1. The number of ether oxygens (including phenoxy) is 1. The van der Waals surface area contributed by atoms with Gasteiger partial charge in [0.15, 0.2) is 0 Å². The van der Waals surface area contributed by atoms with Gasteiger partial charge in [0.2, 0.25) is 11.8 Å². The standard InChI is InChI=1S/C19H24N2O5/c1-13-17(18(23)20-9-7-15(8-10-20)19(24)25)21(16(22)12-26-13)11-14-5-3-2-4-6-14/h2-6,13,15,17H,7-12H2,1H3,(H,24,25)/t13-,17+/m1/s1. The Balaban J connectivity index is 1.74. The van der Waals surface area contributed by atoms with Crippen molar-refractivity contribution in [1.29, 1.82) is 0 Å². The lowest BCUT2D eigenvalue weighted by Crippen LogP contribution is -2.61. The molecule has 0 bridgehead atoms. The molecule has 0 aromatic heterocycles.